The minimum Gasteiger partial charge on any atom is -0.508 e. The van der Waals surface area contributed by atoms with Gasteiger partial charge in [-0.2, -0.15) is 0 Å². The molecule has 0 amide bonds. The molecule has 0 saturated carbocycles. The third-order valence-corrected chi connectivity index (χ3v) is 5.24. The summed E-state index contributed by atoms with van der Waals surface area (Å²) in [6, 6.07) is 11.1. The molecule has 114 valence electrons. The van der Waals surface area contributed by atoms with E-state index in [-0.39, 0.29) is 22.2 Å². The van der Waals surface area contributed by atoms with Crippen LogP contribution in [0.25, 0.3) is 6.08 Å². The molecule has 22 heavy (non-hydrogen) atoms. The summed E-state index contributed by atoms with van der Waals surface area (Å²) in [5, 5.41) is 9.45. The van der Waals surface area contributed by atoms with Crippen LogP contribution in [-0.2, 0) is 9.84 Å². The number of rotatable bonds is 4. The second kappa shape index (κ2) is 5.38. The van der Waals surface area contributed by atoms with E-state index in [1.54, 1.807) is 31.4 Å². The van der Waals surface area contributed by atoms with Crippen molar-refractivity contribution in [2.75, 3.05) is 13.7 Å². The molecule has 1 aliphatic rings. The molecule has 0 saturated heterocycles. The number of fused-ring (bicyclic) bond motifs is 1. The van der Waals surface area contributed by atoms with Crippen LogP contribution in [0.4, 0.5) is 0 Å². The smallest absolute Gasteiger partial charge is 0.206 e. The molecule has 0 bridgehead atoms. The van der Waals surface area contributed by atoms with Crippen molar-refractivity contribution in [3.63, 3.8) is 0 Å². The maximum absolute atomic E-state index is 12.4. The molecule has 0 aromatic heterocycles. The van der Waals surface area contributed by atoms with Gasteiger partial charge in [0.15, 0.2) is 0 Å². The Bertz CT molecular complexity index is 853. The van der Waals surface area contributed by atoms with Gasteiger partial charge in [0.1, 0.15) is 23.9 Å². The van der Waals surface area contributed by atoms with Crippen molar-refractivity contribution in [1.29, 1.82) is 0 Å². The second-order valence-corrected chi connectivity index (χ2v) is 6.77. The molecule has 0 fully saturated rings. The van der Waals surface area contributed by atoms with Crippen LogP contribution in [-0.4, -0.2) is 27.2 Å². The van der Waals surface area contributed by atoms with Crippen LogP contribution in [0.1, 0.15) is 5.56 Å². The van der Waals surface area contributed by atoms with Crippen molar-refractivity contribution in [2.45, 2.75) is 4.90 Å². The Kier molecular flexibility index (Phi) is 3.54. The highest BCUT2D eigenvalue weighted by molar-refractivity contribution is 7.95. The Morgan fingerprint density at radius 1 is 1.09 bits per heavy atom. The first-order chi connectivity index (χ1) is 10.5. The van der Waals surface area contributed by atoms with Crippen LogP contribution < -0.4 is 9.47 Å². The van der Waals surface area contributed by atoms with Crippen molar-refractivity contribution in [3.8, 4) is 17.2 Å². The number of aromatic hydroxyl groups is 1. The lowest BCUT2D eigenvalue weighted by Gasteiger charge is -2.08. The molecule has 3 rings (SSSR count). The van der Waals surface area contributed by atoms with E-state index in [2.05, 4.69) is 0 Å². The number of benzene rings is 2. The number of methoxy groups -OCH3 is 1. The van der Waals surface area contributed by atoms with Gasteiger partial charge >= 0.3 is 0 Å². The molecule has 0 unspecified atom stereocenters. The van der Waals surface area contributed by atoms with Gasteiger partial charge in [-0.15, -0.1) is 0 Å². The molecule has 6 heteroatoms. The van der Waals surface area contributed by atoms with Crippen LogP contribution in [0.15, 0.2) is 52.3 Å². The highest BCUT2D eigenvalue weighted by atomic mass is 32.2. The number of phenolic OH excluding ortho intramolecular Hbond substituents is 1. The number of hydrogen-bond donors (Lipinski definition) is 1. The molecule has 2 aromatic carbocycles. The van der Waals surface area contributed by atoms with E-state index in [0.717, 1.165) is 0 Å². The van der Waals surface area contributed by atoms with Crippen molar-refractivity contribution >= 4 is 15.9 Å². The van der Waals surface area contributed by atoms with E-state index in [4.69, 9.17) is 9.47 Å². The van der Waals surface area contributed by atoms with Gasteiger partial charge in [-0.1, -0.05) is 6.07 Å². The van der Waals surface area contributed by atoms with Crippen molar-refractivity contribution in [3.05, 3.63) is 52.9 Å². The topological polar surface area (TPSA) is 72.8 Å². The summed E-state index contributed by atoms with van der Waals surface area (Å²) in [6.45, 7) is -0.0784. The molecular formula is C16H14O5S. The lowest BCUT2D eigenvalue weighted by molar-refractivity contribution is 0.353. The van der Waals surface area contributed by atoms with E-state index < -0.39 is 9.84 Å². The largest absolute Gasteiger partial charge is 0.508 e. The normalized spacial score (nSPS) is 15.0. The molecule has 0 spiro atoms. The number of sulfone groups is 1. The van der Waals surface area contributed by atoms with Crippen molar-refractivity contribution in [1.82, 2.24) is 0 Å². The third kappa shape index (κ3) is 2.53. The molecular weight excluding hydrogens is 304 g/mol. The molecule has 0 atom stereocenters. The first-order valence-corrected chi connectivity index (χ1v) is 8.04. The summed E-state index contributed by atoms with van der Waals surface area (Å²) in [4.78, 5) is 0.352. The molecule has 0 radical (unpaired) electrons. The van der Waals surface area contributed by atoms with Gasteiger partial charge in [-0.25, -0.2) is 8.42 Å². The van der Waals surface area contributed by atoms with Gasteiger partial charge in [-0.3, -0.25) is 0 Å². The van der Waals surface area contributed by atoms with E-state index in [9.17, 15) is 13.5 Å². The molecule has 0 aliphatic carbocycles. The fraction of sp³-hybridized carbons (Fsp3) is 0.125. The van der Waals surface area contributed by atoms with Crippen molar-refractivity contribution in [2.24, 2.45) is 0 Å². The van der Waals surface area contributed by atoms with Gasteiger partial charge in [0.2, 0.25) is 9.84 Å². The molecule has 1 N–H and O–H groups in total. The molecule has 1 aliphatic heterocycles. The van der Waals surface area contributed by atoms with Gasteiger partial charge in [0.05, 0.1) is 16.9 Å². The monoisotopic (exact) mass is 318 g/mol. The van der Waals surface area contributed by atoms with Gasteiger partial charge in [-0.05, 0) is 42.0 Å². The van der Waals surface area contributed by atoms with E-state index in [1.807, 2.05) is 0 Å². The fourth-order valence-electron chi connectivity index (χ4n) is 2.25. The number of phenols is 1. The Balaban J connectivity index is 1.83. The van der Waals surface area contributed by atoms with E-state index in [0.29, 0.717) is 17.1 Å². The van der Waals surface area contributed by atoms with Gasteiger partial charge in [0, 0.05) is 6.07 Å². The highest BCUT2D eigenvalue weighted by Gasteiger charge is 2.30. The van der Waals surface area contributed by atoms with Gasteiger partial charge in [0.25, 0.3) is 0 Å². The SMILES string of the molecule is COc1cccc(OCC2=Cc3cc(O)ccc3S2(=O)=O)c1. The first kappa shape index (κ1) is 14.5. The zero-order valence-corrected chi connectivity index (χ0v) is 12.6. The standard InChI is InChI=1S/C16H14O5S/c1-20-13-3-2-4-14(9-13)21-10-15-8-11-7-12(17)5-6-16(11)22(15,18)19/h2-9,17H,10H2,1H3. The first-order valence-electron chi connectivity index (χ1n) is 6.56. The fourth-order valence-corrected chi connectivity index (χ4v) is 3.70. The summed E-state index contributed by atoms with van der Waals surface area (Å²) in [6.07, 6.45) is 1.52. The van der Waals surface area contributed by atoms with E-state index >= 15 is 0 Å². The molecule has 1 heterocycles. The Morgan fingerprint density at radius 3 is 2.64 bits per heavy atom. The molecule has 2 aromatic rings. The quantitative estimate of drug-likeness (QED) is 0.938. The van der Waals surface area contributed by atoms with Crippen LogP contribution in [0.2, 0.25) is 0 Å². The molecule has 5 nitrogen and oxygen atoms in total. The minimum atomic E-state index is -3.56. The second-order valence-electron chi connectivity index (χ2n) is 4.80. The highest BCUT2D eigenvalue weighted by Crippen LogP contribution is 2.35. The number of ether oxygens (including phenoxy) is 2. The average molecular weight is 318 g/mol. The lowest BCUT2D eigenvalue weighted by Crippen LogP contribution is -2.09. The van der Waals surface area contributed by atoms with Crippen molar-refractivity contribution < 1.29 is 23.0 Å². The average Bonchev–Trinajstić information content (AvgIpc) is 2.75. The minimum absolute atomic E-state index is 0.0279. The Morgan fingerprint density at radius 2 is 1.86 bits per heavy atom. The van der Waals surface area contributed by atoms with Crippen LogP contribution in [0.3, 0.4) is 0 Å². The summed E-state index contributed by atoms with van der Waals surface area (Å²) < 4.78 is 35.4. The lowest BCUT2D eigenvalue weighted by atomic mass is 10.2. The zero-order chi connectivity index (χ0) is 15.7. The summed E-state index contributed by atoms with van der Waals surface area (Å²) in [7, 11) is -2.01. The maximum Gasteiger partial charge on any atom is 0.206 e. The Labute approximate surface area is 128 Å². The van der Waals surface area contributed by atoms with Gasteiger partial charge < -0.3 is 14.6 Å². The maximum atomic E-state index is 12.4. The predicted molar refractivity (Wildman–Crippen MR) is 81.8 cm³/mol. The predicted octanol–water partition coefficient (Wildman–Crippen LogP) is 2.61. The summed E-state index contributed by atoms with van der Waals surface area (Å²) >= 11 is 0. The third-order valence-electron chi connectivity index (χ3n) is 3.37. The summed E-state index contributed by atoms with van der Waals surface area (Å²) in [5.41, 5.74) is 0.476. The van der Waals surface area contributed by atoms with E-state index in [1.165, 1.54) is 24.3 Å². The van der Waals surface area contributed by atoms with Crippen LogP contribution in [0, 0.1) is 0 Å². The number of hydrogen-bond acceptors (Lipinski definition) is 5. The zero-order valence-electron chi connectivity index (χ0n) is 11.8. The van der Waals surface area contributed by atoms with Crippen LogP contribution in [0.5, 0.6) is 17.2 Å². The van der Waals surface area contributed by atoms with Crippen LogP contribution >= 0.6 is 0 Å². The Hall–Kier alpha value is -2.47. The summed E-state index contributed by atoms with van der Waals surface area (Å²) in [5.74, 6) is 1.18.